The van der Waals surface area contributed by atoms with Crippen LogP contribution in [0.15, 0.2) is 23.0 Å². The number of sulfone groups is 1. The Labute approximate surface area is 114 Å². The molecule has 0 aliphatic carbocycles. The highest BCUT2D eigenvalue weighted by molar-refractivity contribution is 7.90. The highest BCUT2D eigenvalue weighted by atomic mass is 32.2. The number of aromatic amines is 1. The van der Waals surface area contributed by atoms with Gasteiger partial charge in [-0.1, -0.05) is 6.07 Å². The molecule has 1 aromatic heterocycles. The van der Waals surface area contributed by atoms with Gasteiger partial charge in [0.05, 0.1) is 5.75 Å². The van der Waals surface area contributed by atoms with Gasteiger partial charge in [0.2, 0.25) is 5.56 Å². The molecule has 3 N–H and O–H groups in total. The Morgan fingerprint density at radius 1 is 1.40 bits per heavy atom. The van der Waals surface area contributed by atoms with Gasteiger partial charge in [0.15, 0.2) is 0 Å². The first-order valence-electron chi connectivity index (χ1n) is 5.60. The minimum absolute atomic E-state index is 0.0943. The Balaban J connectivity index is 2.78. The van der Waals surface area contributed by atoms with Crippen molar-refractivity contribution in [2.24, 2.45) is 0 Å². The number of aliphatic carboxylic acids is 1. The highest BCUT2D eigenvalue weighted by Crippen LogP contribution is 1.99. The van der Waals surface area contributed by atoms with Crippen molar-refractivity contribution in [1.82, 2.24) is 10.3 Å². The summed E-state index contributed by atoms with van der Waals surface area (Å²) in [5, 5.41) is 11.1. The van der Waals surface area contributed by atoms with Gasteiger partial charge in [-0.05, 0) is 12.5 Å². The van der Waals surface area contributed by atoms with Gasteiger partial charge in [-0.25, -0.2) is 13.2 Å². The Morgan fingerprint density at radius 2 is 2.05 bits per heavy atom. The number of carboxylic acid groups (broad SMARTS) is 1. The van der Waals surface area contributed by atoms with Crippen LogP contribution in [0.25, 0.3) is 0 Å². The monoisotopic (exact) mass is 302 g/mol. The van der Waals surface area contributed by atoms with E-state index in [0.29, 0.717) is 0 Å². The van der Waals surface area contributed by atoms with E-state index in [1.54, 1.807) is 0 Å². The van der Waals surface area contributed by atoms with Gasteiger partial charge in [-0.3, -0.25) is 9.59 Å². The third kappa shape index (κ3) is 5.22. The van der Waals surface area contributed by atoms with E-state index in [0.717, 1.165) is 6.26 Å². The molecule has 0 fully saturated rings. The topological polar surface area (TPSA) is 133 Å². The molecule has 1 rings (SSSR count). The van der Waals surface area contributed by atoms with Crippen molar-refractivity contribution in [2.75, 3.05) is 12.0 Å². The lowest BCUT2D eigenvalue weighted by atomic mass is 10.2. The molecule has 1 heterocycles. The van der Waals surface area contributed by atoms with Crippen LogP contribution in [0.5, 0.6) is 0 Å². The van der Waals surface area contributed by atoms with Crippen LogP contribution in [0.1, 0.15) is 16.9 Å². The van der Waals surface area contributed by atoms with Crippen molar-refractivity contribution in [3.63, 3.8) is 0 Å². The number of carbonyl (C=O) groups excluding carboxylic acids is 1. The van der Waals surface area contributed by atoms with Gasteiger partial charge in [0.1, 0.15) is 21.6 Å². The van der Waals surface area contributed by atoms with Crippen LogP contribution in [-0.4, -0.2) is 48.4 Å². The van der Waals surface area contributed by atoms with Crippen LogP contribution >= 0.6 is 0 Å². The summed E-state index contributed by atoms with van der Waals surface area (Å²) < 4.78 is 22.0. The maximum Gasteiger partial charge on any atom is 0.326 e. The summed E-state index contributed by atoms with van der Waals surface area (Å²) in [5.74, 6) is -2.50. The van der Waals surface area contributed by atoms with Crippen molar-refractivity contribution >= 4 is 21.7 Å². The number of amides is 1. The first-order valence-corrected chi connectivity index (χ1v) is 7.66. The highest BCUT2D eigenvalue weighted by Gasteiger charge is 2.22. The first-order chi connectivity index (χ1) is 9.19. The molecule has 1 amide bonds. The Hall–Kier alpha value is -2.16. The summed E-state index contributed by atoms with van der Waals surface area (Å²) in [4.78, 5) is 36.0. The fourth-order valence-corrected chi connectivity index (χ4v) is 2.07. The average molecular weight is 302 g/mol. The molecule has 110 valence electrons. The van der Waals surface area contributed by atoms with Gasteiger partial charge in [-0.2, -0.15) is 0 Å². The van der Waals surface area contributed by atoms with Crippen LogP contribution in [0.3, 0.4) is 0 Å². The van der Waals surface area contributed by atoms with Gasteiger partial charge in [0.25, 0.3) is 5.91 Å². The van der Waals surface area contributed by atoms with E-state index in [1.165, 1.54) is 18.2 Å². The summed E-state index contributed by atoms with van der Waals surface area (Å²) in [6, 6.07) is 2.52. The molecule has 20 heavy (non-hydrogen) atoms. The van der Waals surface area contributed by atoms with E-state index < -0.39 is 33.3 Å². The molecule has 0 aromatic carbocycles. The molecule has 1 aromatic rings. The molecule has 8 nitrogen and oxygen atoms in total. The third-order valence-corrected chi connectivity index (χ3v) is 3.37. The molecule has 0 aliphatic rings. The predicted molar refractivity (Wildman–Crippen MR) is 70.3 cm³/mol. The van der Waals surface area contributed by atoms with Crippen molar-refractivity contribution in [2.45, 2.75) is 12.5 Å². The maximum absolute atomic E-state index is 11.7. The van der Waals surface area contributed by atoms with Gasteiger partial charge >= 0.3 is 5.97 Å². The first kappa shape index (κ1) is 15.9. The molecule has 1 unspecified atom stereocenters. The molecule has 1 atom stereocenters. The fourth-order valence-electron chi connectivity index (χ4n) is 1.41. The van der Waals surface area contributed by atoms with E-state index in [9.17, 15) is 22.8 Å². The standard InChI is InChI=1S/C11H14N2O6S/c1-20(18,19)6-5-8(11(16)17)13-10(15)7-3-2-4-9(14)12-7/h2-4,8H,5-6H2,1H3,(H,12,14)(H,13,15)(H,16,17). The zero-order chi connectivity index (χ0) is 15.3. The number of carboxylic acids is 1. The Kier molecular flexibility index (Phi) is 5.03. The molecule has 9 heteroatoms. The second-order valence-corrected chi connectivity index (χ2v) is 6.47. The second-order valence-electron chi connectivity index (χ2n) is 4.21. The van der Waals surface area contributed by atoms with Crippen molar-refractivity contribution in [1.29, 1.82) is 0 Å². The van der Waals surface area contributed by atoms with E-state index in [1.807, 2.05) is 0 Å². The Bertz CT molecular complexity index is 663. The molecular formula is C11H14N2O6S. The van der Waals surface area contributed by atoms with Crippen LogP contribution in [-0.2, 0) is 14.6 Å². The summed E-state index contributed by atoms with van der Waals surface area (Å²) in [7, 11) is -3.33. The normalized spacial score (nSPS) is 12.7. The molecular weight excluding hydrogens is 288 g/mol. The number of carbonyl (C=O) groups is 2. The maximum atomic E-state index is 11.7. The summed E-state index contributed by atoms with van der Waals surface area (Å²) in [6.45, 7) is 0. The Morgan fingerprint density at radius 3 is 2.55 bits per heavy atom. The summed E-state index contributed by atoms with van der Waals surface area (Å²) in [6.07, 6.45) is 0.722. The molecule has 0 spiro atoms. The van der Waals surface area contributed by atoms with Crippen molar-refractivity contribution < 1.29 is 23.1 Å². The smallest absolute Gasteiger partial charge is 0.326 e. The number of rotatable bonds is 6. The minimum atomic E-state index is -3.33. The third-order valence-electron chi connectivity index (χ3n) is 2.39. The fraction of sp³-hybridized carbons (Fsp3) is 0.364. The lowest BCUT2D eigenvalue weighted by Crippen LogP contribution is -2.42. The molecule has 0 saturated heterocycles. The summed E-state index contributed by atoms with van der Waals surface area (Å²) >= 11 is 0. The molecule has 0 aliphatic heterocycles. The number of hydrogen-bond donors (Lipinski definition) is 3. The largest absolute Gasteiger partial charge is 0.480 e. The van der Waals surface area contributed by atoms with Crippen molar-refractivity contribution in [3.05, 3.63) is 34.2 Å². The lowest BCUT2D eigenvalue weighted by molar-refractivity contribution is -0.139. The lowest BCUT2D eigenvalue weighted by Gasteiger charge is -2.13. The predicted octanol–water partition coefficient (Wildman–Crippen LogP) is -1.01. The number of aromatic nitrogens is 1. The minimum Gasteiger partial charge on any atom is -0.480 e. The molecule has 0 radical (unpaired) electrons. The van der Waals surface area contributed by atoms with Crippen molar-refractivity contribution in [3.8, 4) is 0 Å². The van der Waals surface area contributed by atoms with Crippen LogP contribution in [0.2, 0.25) is 0 Å². The zero-order valence-electron chi connectivity index (χ0n) is 10.6. The van der Waals surface area contributed by atoms with Gasteiger partial charge < -0.3 is 15.4 Å². The molecule has 0 bridgehead atoms. The van der Waals surface area contributed by atoms with Gasteiger partial charge in [-0.15, -0.1) is 0 Å². The average Bonchev–Trinajstić information content (AvgIpc) is 2.32. The van der Waals surface area contributed by atoms with E-state index in [4.69, 9.17) is 5.11 Å². The quantitative estimate of drug-likeness (QED) is 0.616. The number of pyridine rings is 1. The number of nitrogens with one attached hydrogen (secondary N) is 2. The van der Waals surface area contributed by atoms with E-state index in [2.05, 4.69) is 10.3 Å². The van der Waals surface area contributed by atoms with Crippen LogP contribution < -0.4 is 10.9 Å². The zero-order valence-corrected chi connectivity index (χ0v) is 11.4. The van der Waals surface area contributed by atoms with Crippen LogP contribution in [0.4, 0.5) is 0 Å². The number of hydrogen-bond acceptors (Lipinski definition) is 5. The second kappa shape index (κ2) is 6.33. The SMILES string of the molecule is CS(=O)(=O)CCC(NC(=O)c1cccc(=O)[nH]1)C(=O)O. The molecule has 0 saturated carbocycles. The van der Waals surface area contributed by atoms with E-state index in [-0.39, 0.29) is 17.9 Å². The van der Waals surface area contributed by atoms with E-state index >= 15 is 0 Å². The number of H-pyrrole nitrogens is 1. The van der Waals surface area contributed by atoms with Gasteiger partial charge in [0, 0.05) is 12.3 Å². The van der Waals surface area contributed by atoms with Crippen LogP contribution in [0, 0.1) is 0 Å². The summed E-state index contributed by atoms with van der Waals surface area (Å²) in [5.41, 5.74) is -0.594.